The molecule has 2 aromatic heterocycles. The van der Waals surface area contributed by atoms with E-state index in [1.807, 2.05) is 46.0 Å². The van der Waals surface area contributed by atoms with Crippen LogP contribution < -0.4 is 4.74 Å². The average molecular weight is 412 g/mol. The van der Waals surface area contributed by atoms with Gasteiger partial charge in [-0.25, -0.2) is 0 Å². The molecule has 1 unspecified atom stereocenters. The van der Waals surface area contributed by atoms with Crippen LogP contribution in [0.3, 0.4) is 0 Å². The monoisotopic (exact) mass is 411 g/mol. The molecule has 3 aromatic rings. The first-order valence-corrected chi connectivity index (χ1v) is 10.9. The molecule has 0 saturated carbocycles. The summed E-state index contributed by atoms with van der Waals surface area (Å²) >= 11 is 1.59. The highest BCUT2D eigenvalue weighted by Gasteiger charge is 2.28. The number of carbonyl (C=O) groups excluding carboxylic acids is 1. The van der Waals surface area contributed by atoms with E-state index in [1.165, 1.54) is 5.56 Å². The van der Waals surface area contributed by atoms with Crippen LogP contribution in [0.25, 0.3) is 11.5 Å². The summed E-state index contributed by atoms with van der Waals surface area (Å²) in [6, 6.07) is 9.89. The summed E-state index contributed by atoms with van der Waals surface area (Å²) in [5.74, 6) is 2.39. The Morgan fingerprint density at radius 1 is 1.28 bits per heavy atom. The van der Waals surface area contributed by atoms with E-state index in [-0.39, 0.29) is 18.4 Å². The number of rotatable bonds is 6. The molecule has 1 fully saturated rings. The fraction of sp³-hybridized carbons (Fsp3) is 0.409. The van der Waals surface area contributed by atoms with Gasteiger partial charge in [0, 0.05) is 24.0 Å². The van der Waals surface area contributed by atoms with Crippen molar-refractivity contribution in [3.63, 3.8) is 0 Å². The number of hydrogen-bond acceptors (Lipinski definition) is 6. The quantitative estimate of drug-likeness (QED) is 0.588. The normalized spacial score (nSPS) is 16.9. The minimum atomic E-state index is -0.0137. The fourth-order valence-electron chi connectivity index (χ4n) is 3.49. The molecule has 0 spiro atoms. The van der Waals surface area contributed by atoms with Crippen LogP contribution in [0.1, 0.15) is 50.0 Å². The third-order valence-electron chi connectivity index (χ3n) is 5.24. The Bertz CT molecular complexity index is 935. The predicted molar refractivity (Wildman–Crippen MR) is 112 cm³/mol. The Labute approximate surface area is 174 Å². The third-order valence-corrected chi connectivity index (χ3v) is 5.92. The van der Waals surface area contributed by atoms with Gasteiger partial charge in [-0.2, -0.15) is 11.3 Å². The van der Waals surface area contributed by atoms with Crippen molar-refractivity contribution in [2.75, 3.05) is 19.7 Å². The summed E-state index contributed by atoms with van der Waals surface area (Å²) in [5.41, 5.74) is 2.19. The van der Waals surface area contributed by atoms with E-state index in [0.717, 1.165) is 24.9 Å². The molecule has 1 atom stereocenters. The van der Waals surface area contributed by atoms with Crippen LogP contribution in [0.4, 0.5) is 0 Å². The van der Waals surface area contributed by atoms with Gasteiger partial charge in [-0.1, -0.05) is 26.0 Å². The van der Waals surface area contributed by atoms with E-state index >= 15 is 0 Å². The maximum Gasteiger partial charge on any atom is 0.260 e. The van der Waals surface area contributed by atoms with Crippen LogP contribution >= 0.6 is 11.3 Å². The first-order valence-electron chi connectivity index (χ1n) is 9.96. The molecule has 4 rings (SSSR count). The number of thiophene rings is 1. The number of benzene rings is 1. The molecule has 0 aliphatic carbocycles. The summed E-state index contributed by atoms with van der Waals surface area (Å²) in [5, 5.41) is 12.4. The minimum Gasteiger partial charge on any atom is -0.484 e. The number of amides is 1. The molecule has 1 aromatic carbocycles. The van der Waals surface area contributed by atoms with Gasteiger partial charge in [0.1, 0.15) is 5.75 Å². The first-order chi connectivity index (χ1) is 14.1. The van der Waals surface area contributed by atoms with Crippen LogP contribution in [-0.2, 0) is 4.79 Å². The number of ether oxygens (including phenoxy) is 1. The van der Waals surface area contributed by atoms with Gasteiger partial charge in [0.2, 0.25) is 11.8 Å². The van der Waals surface area contributed by atoms with Crippen LogP contribution in [0.5, 0.6) is 5.75 Å². The van der Waals surface area contributed by atoms with Crippen molar-refractivity contribution < 1.29 is 13.9 Å². The van der Waals surface area contributed by atoms with Gasteiger partial charge in [-0.15, -0.1) is 10.2 Å². The number of piperidine rings is 1. The maximum absolute atomic E-state index is 12.7. The Balaban J connectivity index is 1.33. The standard InChI is InChI=1S/C22H25N3O3S/c1-15(2)16-5-7-19(8-6-16)27-13-20(26)25-10-3-4-17(12-25)21-23-24-22(28-21)18-9-11-29-14-18/h5-9,11,14-15,17H,3-4,10,12-13H2,1-2H3. The average Bonchev–Trinajstić information content (AvgIpc) is 3.44. The van der Waals surface area contributed by atoms with E-state index in [0.29, 0.717) is 30.0 Å². The predicted octanol–water partition coefficient (Wildman–Crippen LogP) is 4.71. The smallest absolute Gasteiger partial charge is 0.260 e. The first kappa shape index (κ1) is 19.6. The molecule has 1 amide bonds. The maximum atomic E-state index is 12.7. The van der Waals surface area contributed by atoms with Gasteiger partial charge in [0.25, 0.3) is 5.91 Å². The van der Waals surface area contributed by atoms with Gasteiger partial charge < -0.3 is 14.1 Å². The molecule has 29 heavy (non-hydrogen) atoms. The number of likely N-dealkylation sites (tertiary alicyclic amines) is 1. The van der Waals surface area contributed by atoms with Crippen LogP contribution in [0, 0.1) is 0 Å². The lowest BCUT2D eigenvalue weighted by atomic mass is 9.98. The molecule has 1 saturated heterocycles. The lowest BCUT2D eigenvalue weighted by Gasteiger charge is -2.31. The second kappa shape index (κ2) is 8.78. The van der Waals surface area contributed by atoms with Crippen molar-refractivity contribution in [1.29, 1.82) is 0 Å². The van der Waals surface area contributed by atoms with E-state index < -0.39 is 0 Å². The van der Waals surface area contributed by atoms with E-state index in [9.17, 15) is 4.79 Å². The molecule has 0 radical (unpaired) electrons. The summed E-state index contributed by atoms with van der Waals surface area (Å²) in [4.78, 5) is 14.5. The Hall–Kier alpha value is -2.67. The highest BCUT2D eigenvalue weighted by atomic mass is 32.1. The molecular formula is C22H25N3O3S. The van der Waals surface area contributed by atoms with Gasteiger partial charge in [-0.05, 0) is 47.9 Å². The number of nitrogens with zero attached hydrogens (tertiary/aromatic N) is 3. The zero-order valence-corrected chi connectivity index (χ0v) is 17.5. The molecule has 7 heteroatoms. The van der Waals surface area contributed by atoms with Crippen molar-refractivity contribution in [3.05, 3.63) is 52.5 Å². The molecule has 152 valence electrons. The summed E-state index contributed by atoms with van der Waals surface area (Å²) in [6.07, 6.45) is 1.85. The SMILES string of the molecule is CC(C)c1ccc(OCC(=O)N2CCCC(c3nnc(-c4ccsc4)o3)C2)cc1. The molecule has 6 nitrogen and oxygen atoms in total. The molecule has 1 aliphatic rings. The van der Waals surface area contributed by atoms with Gasteiger partial charge in [0.15, 0.2) is 6.61 Å². The molecule has 0 bridgehead atoms. The second-order valence-corrected chi connectivity index (χ2v) is 8.43. The van der Waals surface area contributed by atoms with Crippen molar-refractivity contribution in [2.24, 2.45) is 0 Å². The van der Waals surface area contributed by atoms with Gasteiger partial charge in [-0.3, -0.25) is 4.79 Å². The van der Waals surface area contributed by atoms with Gasteiger partial charge in [0.05, 0.1) is 5.92 Å². The molecular weight excluding hydrogens is 386 g/mol. The summed E-state index contributed by atoms with van der Waals surface area (Å²) in [7, 11) is 0. The summed E-state index contributed by atoms with van der Waals surface area (Å²) in [6.45, 7) is 5.66. The Morgan fingerprint density at radius 2 is 2.10 bits per heavy atom. The topological polar surface area (TPSA) is 68.5 Å². The lowest BCUT2D eigenvalue weighted by Crippen LogP contribution is -2.41. The Kier molecular flexibility index (Phi) is 5.94. The van der Waals surface area contributed by atoms with E-state index in [2.05, 4.69) is 24.0 Å². The molecule has 3 heterocycles. The number of carbonyl (C=O) groups is 1. The number of aromatic nitrogens is 2. The van der Waals surface area contributed by atoms with E-state index in [1.54, 1.807) is 11.3 Å². The van der Waals surface area contributed by atoms with Crippen molar-refractivity contribution in [1.82, 2.24) is 15.1 Å². The van der Waals surface area contributed by atoms with Crippen LogP contribution in [0.2, 0.25) is 0 Å². The third kappa shape index (κ3) is 4.67. The Morgan fingerprint density at radius 3 is 2.83 bits per heavy atom. The highest BCUT2D eigenvalue weighted by molar-refractivity contribution is 7.08. The zero-order chi connectivity index (χ0) is 20.2. The van der Waals surface area contributed by atoms with Crippen LogP contribution in [-0.4, -0.2) is 40.7 Å². The van der Waals surface area contributed by atoms with Crippen LogP contribution in [0.15, 0.2) is 45.5 Å². The van der Waals surface area contributed by atoms with Crippen molar-refractivity contribution in [2.45, 2.75) is 38.5 Å². The zero-order valence-electron chi connectivity index (χ0n) is 16.7. The molecule has 1 aliphatic heterocycles. The minimum absolute atomic E-state index is 0.0137. The van der Waals surface area contributed by atoms with Crippen molar-refractivity contribution >= 4 is 17.2 Å². The van der Waals surface area contributed by atoms with E-state index in [4.69, 9.17) is 9.15 Å². The summed E-state index contributed by atoms with van der Waals surface area (Å²) < 4.78 is 11.6. The largest absolute Gasteiger partial charge is 0.484 e. The second-order valence-electron chi connectivity index (χ2n) is 7.65. The lowest BCUT2D eigenvalue weighted by molar-refractivity contribution is -0.134. The fourth-order valence-corrected chi connectivity index (χ4v) is 4.12. The van der Waals surface area contributed by atoms with Gasteiger partial charge >= 0.3 is 0 Å². The highest BCUT2D eigenvalue weighted by Crippen LogP contribution is 2.29. The molecule has 0 N–H and O–H groups in total. The number of hydrogen-bond donors (Lipinski definition) is 0. The van der Waals surface area contributed by atoms with Crippen molar-refractivity contribution in [3.8, 4) is 17.2 Å².